The number of rotatable bonds is 4. The number of halogens is 1. The van der Waals surface area contributed by atoms with Gasteiger partial charge in [-0.1, -0.05) is 0 Å². The molecule has 0 aromatic carbocycles. The van der Waals surface area contributed by atoms with Crippen LogP contribution in [-0.4, -0.2) is 60.4 Å². The number of methoxy groups -OCH3 is 1. The van der Waals surface area contributed by atoms with Crippen LogP contribution < -0.4 is 0 Å². The molecule has 1 aliphatic heterocycles. The van der Waals surface area contributed by atoms with Gasteiger partial charge in [0.25, 0.3) is 4.51 Å². The molecular formula is C13H17BrO9. The first-order valence-electron chi connectivity index (χ1n) is 6.54. The summed E-state index contributed by atoms with van der Waals surface area (Å²) in [5, 5.41) is 0. The lowest BCUT2D eigenvalue weighted by atomic mass is 9.99. The molecule has 0 spiro atoms. The van der Waals surface area contributed by atoms with Gasteiger partial charge in [0, 0.05) is 20.8 Å². The predicted octanol–water partition coefficient (Wildman–Crippen LogP) is 0.0759. The SMILES string of the molecule is COC(=O)[C@]1(Br)OC[C@@H](OC(C)=O)[C@@H](OC(C)=O)[C@@H]1OC(C)=O. The minimum Gasteiger partial charge on any atom is -0.466 e. The second-order valence-corrected chi connectivity index (χ2v) is 5.88. The molecule has 0 unspecified atom stereocenters. The first-order chi connectivity index (χ1) is 10.6. The summed E-state index contributed by atoms with van der Waals surface area (Å²) in [6.07, 6.45) is -3.74. The van der Waals surface area contributed by atoms with Crippen LogP contribution in [0.5, 0.6) is 0 Å². The molecular weight excluding hydrogens is 380 g/mol. The minimum atomic E-state index is -1.90. The summed E-state index contributed by atoms with van der Waals surface area (Å²) < 4.78 is 23.3. The van der Waals surface area contributed by atoms with Crippen molar-refractivity contribution in [3.8, 4) is 0 Å². The fourth-order valence-corrected chi connectivity index (χ4v) is 2.71. The Kier molecular flexibility index (Phi) is 6.51. The number of hydrogen-bond acceptors (Lipinski definition) is 9. The lowest BCUT2D eigenvalue weighted by molar-refractivity contribution is -0.235. The van der Waals surface area contributed by atoms with Crippen molar-refractivity contribution in [2.75, 3.05) is 13.7 Å². The van der Waals surface area contributed by atoms with Crippen LogP contribution in [0.25, 0.3) is 0 Å². The van der Waals surface area contributed by atoms with Crippen LogP contribution in [0, 0.1) is 0 Å². The smallest absolute Gasteiger partial charge is 0.353 e. The van der Waals surface area contributed by atoms with Crippen molar-refractivity contribution >= 4 is 39.8 Å². The van der Waals surface area contributed by atoms with E-state index in [2.05, 4.69) is 20.7 Å². The van der Waals surface area contributed by atoms with E-state index in [-0.39, 0.29) is 6.61 Å². The van der Waals surface area contributed by atoms with E-state index in [4.69, 9.17) is 18.9 Å². The van der Waals surface area contributed by atoms with E-state index in [1.807, 2.05) is 0 Å². The molecule has 0 aromatic rings. The second-order valence-electron chi connectivity index (χ2n) is 4.70. The van der Waals surface area contributed by atoms with Crippen molar-refractivity contribution in [2.45, 2.75) is 43.6 Å². The van der Waals surface area contributed by atoms with E-state index >= 15 is 0 Å². The van der Waals surface area contributed by atoms with Crippen LogP contribution in [0.3, 0.4) is 0 Å². The van der Waals surface area contributed by atoms with Gasteiger partial charge in [0.2, 0.25) is 0 Å². The molecule has 0 amide bonds. The zero-order valence-corrected chi connectivity index (χ0v) is 14.6. The normalized spacial score (nSPS) is 30.0. The highest BCUT2D eigenvalue weighted by atomic mass is 79.9. The third kappa shape index (κ3) is 4.64. The Labute approximate surface area is 140 Å². The maximum absolute atomic E-state index is 12.0. The van der Waals surface area contributed by atoms with Gasteiger partial charge >= 0.3 is 23.9 Å². The molecule has 0 aromatic heterocycles. The van der Waals surface area contributed by atoms with E-state index in [9.17, 15) is 19.2 Å². The fourth-order valence-electron chi connectivity index (χ4n) is 2.07. The molecule has 1 aliphatic rings. The Morgan fingerprint density at radius 3 is 1.96 bits per heavy atom. The Hall–Kier alpha value is -1.68. The average molecular weight is 397 g/mol. The predicted molar refractivity (Wildman–Crippen MR) is 76.3 cm³/mol. The molecule has 4 atom stereocenters. The molecule has 0 saturated carbocycles. The zero-order valence-electron chi connectivity index (χ0n) is 13.0. The summed E-state index contributed by atoms with van der Waals surface area (Å²) in [5.74, 6) is -3.03. The minimum absolute atomic E-state index is 0.282. The Morgan fingerprint density at radius 2 is 1.52 bits per heavy atom. The molecule has 0 aliphatic carbocycles. The Bertz CT molecular complexity index is 506. The van der Waals surface area contributed by atoms with Crippen molar-refractivity contribution in [3.63, 3.8) is 0 Å². The molecule has 0 N–H and O–H groups in total. The molecule has 1 heterocycles. The summed E-state index contributed by atoms with van der Waals surface area (Å²) >= 11 is 3.03. The maximum Gasteiger partial charge on any atom is 0.353 e. The van der Waals surface area contributed by atoms with Crippen molar-refractivity contribution in [1.82, 2.24) is 0 Å². The summed E-state index contributed by atoms with van der Waals surface area (Å²) in [7, 11) is 1.11. The number of alkyl halides is 1. The first-order valence-corrected chi connectivity index (χ1v) is 7.34. The van der Waals surface area contributed by atoms with Gasteiger partial charge in [-0.2, -0.15) is 0 Å². The quantitative estimate of drug-likeness (QED) is 0.369. The topological polar surface area (TPSA) is 114 Å². The zero-order chi connectivity index (χ0) is 17.8. The van der Waals surface area contributed by atoms with E-state index in [0.29, 0.717) is 0 Å². The summed E-state index contributed by atoms with van der Waals surface area (Å²) in [6, 6.07) is 0. The van der Waals surface area contributed by atoms with Gasteiger partial charge in [0.05, 0.1) is 13.7 Å². The summed E-state index contributed by atoms with van der Waals surface area (Å²) in [6.45, 7) is 3.10. The van der Waals surface area contributed by atoms with Gasteiger partial charge in [-0.3, -0.25) is 14.4 Å². The highest BCUT2D eigenvalue weighted by Crippen LogP contribution is 2.37. The lowest BCUT2D eigenvalue weighted by Crippen LogP contribution is -2.64. The molecule has 1 saturated heterocycles. The van der Waals surface area contributed by atoms with E-state index in [1.54, 1.807) is 0 Å². The molecule has 0 radical (unpaired) electrons. The molecule has 130 valence electrons. The number of carbonyl (C=O) groups is 4. The monoisotopic (exact) mass is 396 g/mol. The highest BCUT2D eigenvalue weighted by Gasteiger charge is 2.60. The van der Waals surface area contributed by atoms with Crippen LogP contribution >= 0.6 is 15.9 Å². The van der Waals surface area contributed by atoms with Gasteiger partial charge < -0.3 is 23.7 Å². The highest BCUT2D eigenvalue weighted by molar-refractivity contribution is 9.10. The fraction of sp³-hybridized carbons (Fsp3) is 0.692. The van der Waals surface area contributed by atoms with Gasteiger partial charge in [-0.05, 0) is 15.9 Å². The number of hydrogen-bond donors (Lipinski definition) is 0. The summed E-state index contributed by atoms with van der Waals surface area (Å²) in [4.78, 5) is 45.9. The molecule has 9 nitrogen and oxygen atoms in total. The van der Waals surface area contributed by atoms with Crippen LogP contribution in [0.4, 0.5) is 0 Å². The van der Waals surface area contributed by atoms with E-state index < -0.39 is 46.7 Å². The molecule has 1 fully saturated rings. The van der Waals surface area contributed by atoms with Crippen molar-refractivity contribution in [3.05, 3.63) is 0 Å². The molecule has 1 rings (SSSR count). The van der Waals surface area contributed by atoms with Crippen LogP contribution in [0.15, 0.2) is 0 Å². The molecule has 23 heavy (non-hydrogen) atoms. The number of ether oxygens (including phenoxy) is 5. The lowest BCUT2D eigenvalue weighted by Gasteiger charge is -2.43. The van der Waals surface area contributed by atoms with Crippen molar-refractivity contribution < 1.29 is 42.9 Å². The van der Waals surface area contributed by atoms with Gasteiger partial charge in [-0.25, -0.2) is 4.79 Å². The van der Waals surface area contributed by atoms with E-state index in [1.165, 1.54) is 0 Å². The maximum atomic E-state index is 12.0. The third-order valence-electron chi connectivity index (χ3n) is 2.86. The molecule has 0 bridgehead atoms. The standard InChI is InChI=1S/C13H17BrO9/c1-6(15)21-9-5-20-13(14,12(18)19-4)11(23-8(3)17)10(9)22-7(2)16/h9-11H,5H2,1-4H3/t9-,10-,11+,13-/m1/s1. The van der Waals surface area contributed by atoms with Crippen molar-refractivity contribution in [1.29, 1.82) is 0 Å². The summed E-state index contributed by atoms with van der Waals surface area (Å²) in [5.41, 5.74) is 0. The van der Waals surface area contributed by atoms with E-state index in [0.717, 1.165) is 27.9 Å². The van der Waals surface area contributed by atoms with Gasteiger partial charge in [-0.15, -0.1) is 0 Å². The number of esters is 4. The van der Waals surface area contributed by atoms with Gasteiger partial charge in [0.1, 0.15) is 0 Å². The average Bonchev–Trinajstić information content (AvgIpc) is 2.43. The number of carbonyl (C=O) groups excluding carboxylic acids is 4. The molecule has 10 heteroatoms. The van der Waals surface area contributed by atoms with Crippen LogP contribution in [0.1, 0.15) is 20.8 Å². The third-order valence-corrected chi connectivity index (χ3v) is 3.87. The van der Waals surface area contributed by atoms with Crippen LogP contribution in [-0.2, 0) is 42.9 Å². The Balaban J connectivity index is 3.24. The Morgan fingerprint density at radius 1 is 1.00 bits per heavy atom. The van der Waals surface area contributed by atoms with Gasteiger partial charge in [0.15, 0.2) is 18.3 Å². The first kappa shape index (κ1) is 19.4. The van der Waals surface area contributed by atoms with Crippen LogP contribution in [0.2, 0.25) is 0 Å². The second kappa shape index (κ2) is 7.73. The van der Waals surface area contributed by atoms with Crippen molar-refractivity contribution in [2.24, 2.45) is 0 Å². The largest absolute Gasteiger partial charge is 0.466 e.